The molecule has 0 spiro atoms. The van der Waals surface area contributed by atoms with E-state index in [0.29, 0.717) is 5.69 Å². The van der Waals surface area contributed by atoms with Crippen molar-refractivity contribution in [2.75, 3.05) is 12.4 Å². The zero-order valence-electron chi connectivity index (χ0n) is 11.0. The predicted molar refractivity (Wildman–Crippen MR) is 75.8 cm³/mol. The highest BCUT2D eigenvalue weighted by atomic mass is 16.6. The fourth-order valence-corrected chi connectivity index (χ4v) is 1.76. The Hall–Kier alpha value is -3.16. The summed E-state index contributed by atoms with van der Waals surface area (Å²) in [5.41, 5.74) is 0.0404. The number of nitrogens with zero attached hydrogens (tertiary/aromatic N) is 2. The number of hydrogen-bond acceptors (Lipinski definition) is 6. The van der Waals surface area contributed by atoms with Gasteiger partial charge in [-0.15, -0.1) is 0 Å². The number of anilines is 1. The molecule has 8 nitrogen and oxygen atoms in total. The molecule has 0 fully saturated rings. The summed E-state index contributed by atoms with van der Waals surface area (Å²) in [6, 6.07) is 9.93. The zero-order chi connectivity index (χ0) is 15.4. The van der Waals surface area contributed by atoms with Crippen LogP contribution in [0.1, 0.15) is 0 Å². The van der Waals surface area contributed by atoms with Gasteiger partial charge in [0.1, 0.15) is 11.4 Å². The zero-order valence-corrected chi connectivity index (χ0v) is 11.0. The SMILES string of the molecule is CNc1cccc(Oc2ccc([N+](=O)[O-])cc2)c1[N+](=O)[O-]. The van der Waals surface area contributed by atoms with Gasteiger partial charge in [-0.25, -0.2) is 0 Å². The molecule has 0 aliphatic heterocycles. The Morgan fingerprint density at radius 3 is 2.19 bits per heavy atom. The highest BCUT2D eigenvalue weighted by molar-refractivity contribution is 5.68. The fraction of sp³-hybridized carbons (Fsp3) is 0.0769. The normalized spacial score (nSPS) is 9.95. The largest absolute Gasteiger partial charge is 0.450 e. The Bertz CT molecular complexity index is 685. The average molecular weight is 289 g/mol. The van der Waals surface area contributed by atoms with Crippen molar-refractivity contribution in [3.8, 4) is 11.5 Å². The summed E-state index contributed by atoms with van der Waals surface area (Å²) in [6.45, 7) is 0. The van der Waals surface area contributed by atoms with Gasteiger partial charge in [0, 0.05) is 19.2 Å². The lowest BCUT2D eigenvalue weighted by molar-refractivity contribution is -0.384. The smallest absolute Gasteiger partial charge is 0.334 e. The Labute approximate surface area is 119 Å². The van der Waals surface area contributed by atoms with Crippen molar-refractivity contribution in [1.29, 1.82) is 0 Å². The molecular weight excluding hydrogens is 278 g/mol. The minimum Gasteiger partial charge on any atom is -0.450 e. The molecule has 0 aliphatic rings. The van der Waals surface area contributed by atoms with Gasteiger partial charge in [0.15, 0.2) is 0 Å². The molecule has 21 heavy (non-hydrogen) atoms. The third-order valence-electron chi connectivity index (χ3n) is 2.73. The number of ether oxygens (including phenoxy) is 1. The van der Waals surface area contributed by atoms with Crippen LogP contribution in [0.4, 0.5) is 17.1 Å². The summed E-state index contributed by atoms with van der Waals surface area (Å²) in [6.07, 6.45) is 0. The number of nitro benzene ring substituents is 2. The number of rotatable bonds is 5. The molecule has 0 amide bonds. The molecule has 0 saturated heterocycles. The molecule has 2 rings (SSSR count). The van der Waals surface area contributed by atoms with Crippen LogP contribution in [0.25, 0.3) is 0 Å². The maximum Gasteiger partial charge on any atom is 0.334 e. The number of nitro groups is 2. The molecule has 0 heterocycles. The Morgan fingerprint density at radius 2 is 1.67 bits per heavy atom. The molecule has 2 aromatic rings. The number of hydrogen-bond donors (Lipinski definition) is 1. The second-order valence-electron chi connectivity index (χ2n) is 4.01. The van der Waals surface area contributed by atoms with Gasteiger partial charge in [0.2, 0.25) is 5.75 Å². The van der Waals surface area contributed by atoms with Crippen molar-refractivity contribution < 1.29 is 14.6 Å². The first kappa shape index (κ1) is 14.3. The lowest BCUT2D eigenvalue weighted by Crippen LogP contribution is -1.99. The van der Waals surface area contributed by atoms with Crippen molar-refractivity contribution >= 4 is 17.1 Å². The van der Waals surface area contributed by atoms with Crippen molar-refractivity contribution in [1.82, 2.24) is 0 Å². The Balaban J connectivity index is 2.35. The number of nitrogens with one attached hydrogen (secondary N) is 1. The fourth-order valence-electron chi connectivity index (χ4n) is 1.76. The average Bonchev–Trinajstić information content (AvgIpc) is 2.47. The van der Waals surface area contributed by atoms with Gasteiger partial charge in [-0.3, -0.25) is 20.2 Å². The van der Waals surface area contributed by atoms with Gasteiger partial charge in [-0.05, 0) is 24.3 Å². The summed E-state index contributed by atoms with van der Waals surface area (Å²) in [7, 11) is 1.57. The molecule has 108 valence electrons. The van der Waals surface area contributed by atoms with Crippen molar-refractivity contribution in [3.05, 3.63) is 62.7 Å². The van der Waals surface area contributed by atoms with E-state index in [4.69, 9.17) is 4.74 Å². The van der Waals surface area contributed by atoms with E-state index in [-0.39, 0.29) is 22.9 Å². The number of non-ortho nitro benzene ring substituents is 1. The van der Waals surface area contributed by atoms with Crippen LogP contribution in [0.15, 0.2) is 42.5 Å². The monoisotopic (exact) mass is 289 g/mol. The van der Waals surface area contributed by atoms with Gasteiger partial charge in [-0.2, -0.15) is 0 Å². The topological polar surface area (TPSA) is 108 Å². The molecule has 0 saturated carbocycles. The maximum atomic E-state index is 11.1. The van der Waals surface area contributed by atoms with Gasteiger partial charge >= 0.3 is 5.69 Å². The number of benzene rings is 2. The first-order chi connectivity index (χ1) is 10.0. The highest BCUT2D eigenvalue weighted by Crippen LogP contribution is 2.37. The lowest BCUT2D eigenvalue weighted by Gasteiger charge is -2.08. The highest BCUT2D eigenvalue weighted by Gasteiger charge is 2.21. The first-order valence-corrected chi connectivity index (χ1v) is 5.90. The predicted octanol–water partition coefficient (Wildman–Crippen LogP) is 3.34. The summed E-state index contributed by atoms with van der Waals surface area (Å²) in [5, 5.41) is 24.4. The molecule has 0 atom stereocenters. The van der Waals surface area contributed by atoms with Gasteiger partial charge < -0.3 is 10.1 Å². The van der Waals surface area contributed by atoms with Crippen LogP contribution in [0.5, 0.6) is 11.5 Å². The van der Waals surface area contributed by atoms with Crippen LogP contribution in [0.2, 0.25) is 0 Å². The van der Waals surface area contributed by atoms with Crippen LogP contribution in [0.3, 0.4) is 0 Å². The second-order valence-corrected chi connectivity index (χ2v) is 4.01. The van der Waals surface area contributed by atoms with Gasteiger partial charge in [-0.1, -0.05) is 6.07 Å². The van der Waals surface area contributed by atoms with Gasteiger partial charge in [0.05, 0.1) is 9.85 Å². The van der Waals surface area contributed by atoms with Crippen LogP contribution in [0, 0.1) is 20.2 Å². The minimum atomic E-state index is -0.549. The van der Waals surface area contributed by atoms with Crippen LogP contribution >= 0.6 is 0 Å². The van der Waals surface area contributed by atoms with Crippen molar-refractivity contribution in [2.24, 2.45) is 0 Å². The molecule has 0 unspecified atom stereocenters. The van der Waals surface area contributed by atoms with Crippen LogP contribution in [-0.4, -0.2) is 16.9 Å². The van der Waals surface area contributed by atoms with Crippen molar-refractivity contribution in [3.63, 3.8) is 0 Å². The first-order valence-electron chi connectivity index (χ1n) is 5.90. The van der Waals surface area contributed by atoms with Gasteiger partial charge in [0.25, 0.3) is 5.69 Å². The quantitative estimate of drug-likeness (QED) is 0.668. The van der Waals surface area contributed by atoms with E-state index in [9.17, 15) is 20.2 Å². The molecule has 0 aromatic heterocycles. The molecular formula is C13H11N3O5. The number of para-hydroxylation sites is 1. The third kappa shape index (κ3) is 3.06. The maximum absolute atomic E-state index is 11.1. The van der Waals surface area contributed by atoms with E-state index in [1.165, 1.54) is 30.3 Å². The van der Waals surface area contributed by atoms with E-state index in [0.717, 1.165) is 0 Å². The summed E-state index contributed by atoms with van der Waals surface area (Å²) in [5.74, 6) is 0.331. The van der Waals surface area contributed by atoms with E-state index in [2.05, 4.69) is 5.32 Å². The summed E-state index contributed by atoms with van der Waals surface area (Å²) in [4.78, 5) is 20.6. The Morgan fingerprint density at radius 1 is 1.00 bits per heavy atom. The molecule has 0 radical (unpaired) electrons. The summed E-state index contributed by atoms with van der Waals surface area (Å²) < 4.78 is 5.44. The summed E-state index contributed by atoms with van der Waals surface area (Å²) >= 11 is 0. The van der Waals surface area contributed by atoms with E-state index >= 15 is 0 Å². The molecule has 0 aliphatic carbocycles. The molecule has 0 bridgehead atoms. The molecule has 2 aromatic carbocycles. The van der Waals surface area contributed by atoms with Crippen LogP contribution < -0.4 is 10.1 Å². The second kappa shape index (κ2) is 5.87. The standard InChI is InChI=1S/C13H11N3O5/c1-14-11-3-2-4-12(13(11)16(19)20)21-10-7-5-9(6-8-10)15(17)18/h2-8,14H,1H3. The molecule has 8 heteroatoms. The molecule has 1 N–H and O–H groups in total. The Kier molecular flexibility index (Phi) is 3.98. The van der Waals surface area contributed by atoms with E-state index < -0.39 is 9.85 Å². The van der Waals surface area contributed by atoms with Crippen LogP contribution in [-0.2, 0) is 0 Å². The third-order valence-corrected chi connectivity index (χ3v) is 2.73. The lowest BCUT2D eigenvalue weighted by atomic mass is 10.2. The van der Waals surface area contributed by atoms with E-state index in [1.807, 2.05) is 0 Å². The van der Waals surface area contributed by atoms with Crippen molar-refractivity contribution in [2.45, 2.75) is 0 Å². The minimum absolute atomic E-state index is 0.0562. The van der Waals surface area contributed by atoms with E-state index in [1.54, 1.807) is 19.2 Å².